The van der Waals surface area contributed by atoms with Gasteiger partial charge in [-0.2, -0.15) is 5.26 Å². The van der Waals surface area contributed by atoms with Crippen LogP contribution in [0.3, 0.4) is 0 Å². The van der Waals surface area contributed by atoms with Gasteiger partial charge in [0.2, 0.25) is 0 Å². The number of hydrogen-bond donors (Lipinski definition) is 2. The van der Waals surface area contributed by atoms with Crippen molar-refractivity contribution in [2.75, 3.05) is 24.4 Å². The van der Waals surface area contributed by atoms with Crippen molar-refractivity contribution in [1.82, 2.24) is 0 Å². The number of halogens is 2. The van der Waals surface area contributed by atoms with E-state index in [1.54, 1.807) is 12.1 Å². The molecule has 0 bridgehead atoms. The average molecular weight is 641 g/mol. The lowest BCUT2D eigenvalue weighted by Crippen LogP contribution is -2.20. The fourth-order valence-corrected chi connectivity index (χ4v) is 4.73. The summed E-state index contributed by atoms with van der Waals surface area (Å²) in [6, 6.07) is 17.0. The highest BCUT2D eigenvalue weighted by Gasteiger charge is 2.14. The van der Waals surface area contributed by atoms with Crippen LogP contribution in [0.25, 0.3) is 6.08 Å². The minimum atomic E-state index is -0.617. The van der Waals surface area contributed by atoms with Gasteiger partial charge in [0.25, 0.3) is 11.8 Å². The van der Waals surface area contributed by atoms with Gasteiger partial charge >= 0.3 is 5.97 Å². The number of nitrogens with one attached hydrogen (secondary N) is 2. The van der Waals surface area contributed by atoms with E-state index in [4.69, 9.17) is 4.74 Å². The lowest BCUT2D eigenvalue weighted by molar-refractivity contribution is -0.118. The van der Waals surface area contributed by atoms with Crippen molar-refractivity contribution in [2.24, 2.45) is 0 Å². The highest BCUT2D eigenvalue weighted by atomic mass is 79.9. The number of benzene rings is 3. The zero-order valence-electron chi connectivity index (χ0n) is 20.7. The van der Waals surface area contributed by atoms with E-state index in [1.807, 2.05) is 38.1 Å². The molecule has 0 saturated heterocycles. The van der Waals surface area contributed by atoms with Crippen molar-refractivity contribution in [3.63, 3.8) is 0 Å². The molecule has 2 amide bonds. The fourth-order valence-electron chi connectivity index (χ4n) is 3.28. The molecule has 0 aliphatic rings. The third-order valence-electron chi connectivity index (χ3n) is 5.40. The van der Waals surface area contributed by atoms with Crippen LogP contribution in [0.4, 0.5) is 11.4 Å². The Morgan fingerprint density at radius 3 is 2.13 bits per heavy atom. The van der Waals surface area contributed by atoms with Gasteiger partial charge < -0.3 is 20.1 Å². The number of nitrogens with zero attached hydrogens (tertiary/aromatic N) is 1. The number of anilines is 2. The van der Waals surface area contributed by atoms with E-state index in [0.29, 0.717) is 37.2 Å². The summed E-state index contributed by atoms with van der Waals surface area (Å²) in [6.07, 6.45) is 1.42. The number of hydrogen-bond acceptors (Lipinski definition) is 6. The van der Waals surface area contributed by atoms with Crippen LogP contribution >= 0.6 is 31.9 Å². The Labute approximate surface area is 236 Å². The van der Waals surface area contributed by atoms with Crippen molar-refractivity contribution >= 4 is 67.1 Å². The predicted octanol–water partition coefficient (Wildman–Crippen LogP) is 6.18. The molecule has 38 heavy (non-hydrogen) atoms. The Kier molecular flexibility index (Phi) is 9.82. The van der Waals surface area contributed by atoms with Crippen molar-refractivity contribution in [3.8, 4) is 11.8 Å². The lowest BCUT2D eigenvalue weighted by Gasteiger charge is -2.12. The zero-order chi connectivity index (χ0) is 27.8. The molecular formula is C28H23Br2N3O5. The molecule has 3 aromatic carbocycles. The van der Waals surface area contributed by atoms with Crippen LogP contribution in [0.15, 0.2) is 69.1 Å². The summed E-state index contributed by atoms with van der Waals surface area (Å²) in [7, 11) is 1.28. The number of amides is 2. The van der Waals surface area contributed by atoms with E-state index in [1.165, 1.54) is 37.5 Å². The Hall–Kier alpha value is -3.94. The van der Waals surface area contributed by atoms with Gasteiger partial charge in [-0.3, -0.25) is 9.59 Å². The smallest absolute Gasteiger partial charge is 0.337 e. The standard InChI is InChI=1S/C28H23Br2N3O5/c1-16-4-7-22(10-17(16)2)32-25(34)15-38-26-23(29)12-18(13-24(26)30)11-20(14-31)27(35)33-21-8-5-19(6-9-21)28(36)37-3/h4-13H,15H2,1-3H3,(H,32,34)(H,33,35)/b20-11-. The quantitative estimate of drug-likeness (QED) is 0.173. The topological polar surface area (TPSA) is 118 Å². The van der Waals surface area contributed by atoms with Gasteiger partial charge in [-0.15, -0.1) is 0 Å². The molecule has 8 nitrogen and oxygen atoms in total. The minimum Gasteiger partial charge on any atom is -0.481 e. The summed E-state index contributed by atoms with van der Waals surface area (Å²) in [4.78, 5) is 36.6. The van der Waals surface area contributed by atoms with Crippen LogP contribution in [0, 0.1) is 25.2 Å². The largest absolute Gasteiger partial charge is 0.481 e. The maximum absolute atomic E-state index is 12.6. The van der Waals surface area contributed by atoms with Gasteiger partial charge in [0, 0.05) is 11.4 Å². The highest BCUT2D eigenvalue weighted by molar-refractivity contribution is 9.11. The van der Waals surface area contributed by atoms with Crippen molar-refractivity contribution in [3.05, 3.63) is 91.4 Å². The monoisotopic (exact) mass is 639 g/mol. The van der Waals surface area contributed by atoms with Crippen LogP contribution in [-0.2, 0) is 14.3 Å². The highest BCUT2D eigenvalue weighted by Crippen LogP contribution is 2.35. The number of aryl methyl sites for hydroxylation is 2. The van der Waals surface area contributed by atoms with Crippen LogP contribution < -0.4 is 15.4 Å². The molecule has 0 atom stereocenters. The van der Waals surface area contributed by atoms with E-state index >= 15 is 0 Å². The van der Waals surface area contributed by atoms with Gasteiger partial charge in [-0.05, 0) is 117 Å². The SMILES string of the molecule is COC(=O)c1ccc(NC(=O)/C(C#N)=C\c2cc(Br)c(OCC(=O)Nc3ccc(C)c(C)c3)c(Br)c2)cc1. The Morgan fingerprint density at radius 2 is 1.55 bits per heavy atom. The first-order valence-corrected chi connectivity index (χ1v) is 12.8. The maximum Gasteiger partial charge on any atom is 0.337 e. The zero-order valence-corrected chi connectivity index (χ0v) is 23.9. The molecule has 194 valence electrons. The van der Waals surface area contributed by atoms with E-state index < -0.39 is 11.9 Å². The van der Waals surface area contributed by atoms with Gasteiger partial charge in [-0.1, -0.05) is 6.07 Å². The number of methoxy groups -OCH3 is 1. The third-order valence-corrected chi connectivity index (χ3v) is 6.58. The third kappa shape index (κ3) is 7.54. The Morgan fingerprint density at radius 1 is 0.921 bits per heavy atom. The summed E-state index contributed by atoms with van der Waals surface area (Å²) in [5.74, 6) is -1.04. The minimum absolute atomic E-state index is 0.137. The maximum atomic E-state index is 12.6. The molecule has 0 fully saturated rings. The summed E-state index contributed by atoms with van der Waals surface area (Å²) >= 11 is 6.84. The van der Waals surface area contributed by atoms with E-state index in [2.05, 4.69) is 47.2 Å². The molecule has 0 radical (unpaired) electrons. The molecule has 0 saturated carbocycles. The Bertz CT molecular complexity index is 1440. The number of esters is 1. The molecule has 0 aliphatic heterocycles. The molecule has 0 aromatic heterocycles. The molecule has 3 aromatic rings. The second-order valence-corrected chi connectivity index (χ2v) is 9.85. The average Bonchev–Trinajstić information content (AvgIpc) is 2.88. The van der Waals surface area contributed by atoms with Crippen LogP contribution in [0.2, 0.25) is 0 Å². The number of rotatable bonds is 8. The normalized spacial score (nSPS) is 10.8. The van der Waals surface area contributed by atoms with Crippen LogP contribution in [-0.4, -0.2) is 31.5 Å². The molecular weight excluding hydrogens is 618 g/mol. The van der Waals surface area contributed by atoms with E-state index in [-0.39, 0.29) is 18.1 Å². The molecule has 0 aliphatic carbocycles. The molecule has 10 heteroatoms. The number of nitriles is 1. The van der Waals surface area contributed by atoms with Crippen LogP contribution in [0.1, 0.15) is 27.0 Å². The first-order chi connectivity index (χ1) is 18.1. The van der Waals surface area contributed by atoms with Gasteiger partial charge in [0.15, 0.2) is 6.61 Å². The van der Waals surface area contributed by atoms with Gasteiger partial charge in [-0.25, -0.2) is 4.79 Å². The summed E-state index contributed by atoms with van der Waals surface area (Å²) in [5.41, 5.74) is 4.04. The van der Waals surface area contributed by atoms with E-state index in [0.717, 1.165) is 11.1 Å². The molecule has 0 unspecified atom stereocenters. The van der Waals surface area contributed by atoms with Crippen molar-refractivity contribution in [2.45, 2.75) is 13.8 Å². The fraction of sp³-hybridized carbons (Fsp3) is 0.143. The van der Waals surface area contributed by atoms with Gasteiger partial charge in [0.05, 0.1) is 21.6 Å². The Balaban J connectivity index is 1.67. The molecule has 0 heterocycles. The first-order valence-electron chi connectivity index (χ1n) is 11.2. The number of ether oxygens (including phenoxy) is 2. The first kappa shape index (κ1) is 28.6. The summed E-state index contributed by atoms with van der Waals surface area (Å²) < 4.78 is 11.4. The van der Waals surface area contributed by atoms with E-state index in [9.17, 15) is 19.6 Å². The summed E-state index contributed by atoms with van der Waals surface area (Å²) in [6.45, 7) is 3.74. The lowest BCUT2D eigenvalue weighted by atomic mass is 10.1. The second-order valence-electron chi connectivity index (χ2n) is 8.14. The van der Waals surface area contributed by atoms with Crippen molar-refractivity contribution in [1.29, 1.82) is 5.26 Å². The predicted molar refractivity (Wildman–Crippen MR) is 152 cm³/mol. The van der Waals surface area contributed by atoms with Crippen molar-refractivity contribution < 1.29 is 23.9 Å². The molecule has 3 rings (SSSR count). The number of carbonyl (C=O) groups is 3. The van der Waals surface area contributed by atoms with Gasteiger partial charge in [0.1, 0.15) is 17.4 Å². The summed E-state index contributed by atoms with van der Waals surface area (Å²) in [5, 5.41) is 15.0. The molecule has 0 spiro atoms. The molecule has 2 N–H and O–H groups in total. The second kappa shape index (κ2) is 13.0. The number of carbonyl (C=O) groups excluding carboxylic acids is 3. The van der Waals surface area contributed by atoms with Crippen LogP contribution in [0.5, 0.6) is 5.75 Å².